The van der Waals surface area contributed by atoms with Gasteiger partial charge in [0.15, 0.2) is 5.95 Å². The molecule has 4 heterocycles. The molecule has 3 atom stereocenters. The van der Waals surface area contributed by atoms with Crippen LogP contribution in [0.3, 0.4) is 0 Å². The predicted molar refractivity (Wildman–Crippen MR) is 138 cm³/mol. The number of anilines is 1. The van der Waals surface area contributed by atoms with E-state index in [1.54, 1.807) is 18.3 Å². The summed E-state index contributed by atoms with van der Waals surface area (Å²) >= 11 is 0. The zero-order chi connectivity index (χ0) is 25.9. The molecular weight excluding hydrogens is 473 g/mol. The zero-order valence-electron chi connectivity index (χ0n) is 21.4. The number of aromatic hydroxyl groups is 1. The molecule has 0 spiro atoms. The number of phenolic OH excluding ortho intramolecular Hbond substituents is 1. The number of rotatable bonds is 5. The summed E-state index contributed by atoms with van der Waals surface area (Å²) in [6.45, 7) is 4.68. The van der Waals surface area contributed by atoms with E-state index in [1.165, 1.54) is 32.4 Å². The molecule has 6 rings (SSSR count). The number of hydrogen-bond acceptors (Lipinski definition) is 8. The van der Waals surface area contributed by atoms with E-state index in [4.69, 9.17) is 4.98 Å². The Hall–Kier alpha value is -3.40. The first-order valence-corrected chi connectivity index (χ1v) is 13.0. The first-order chi connectivity index (χ1) is 17.6. The molecule has 1 saturated carbocycles. The van der Waals surface area contributed by atoms with Crippen molar-refractivity contribution in [2.45, 2.75) is 82.0 Å². The van der Waals surface area contributed by atoms with E-state index in [9.17, 15) is 14.3 Å². The van der Waals surface area contributed by atoms with Crippen LogP contribution < -0.4 is 15.9 Å². The number of piperidine rings is 2. The van der Waals surface area contributed by atoms with Crippen molar-refractivity contribution in [2.75, 3.05) is 4.90 Å². The zero-order valence-corrected chi connectivity index (χ0v) is 21.4. The number of nitrogens with one attached hydrogen (secondary N) is 1. The van der Waals surface area contributed by atoms with Crippen LogP contribution >= 0.6 is 0 Å². The maximum absolute atomic E-state index is 14.0. The molecule has 2 aromatic heterocycles. The lowest BCUT2D eigenvalue weighted by molar-refractivity contribution is 0.0764. The van der Waals surface area contributed by atoms with Crippen LogP contribution in [0, 0.1) is 5.95 Å². The monoisotopic (exact) mass is 505 g/mol. The molecule has 0 radical (unpaired) electrons. The largest absolute Gasteiger partial charge is 0.507 e. The number of fused-ring (bicyclic) bond motifs is 2. The van der Waals surface area contributed by atoms with Gasteiger partial charge in [-0.15, -0.1) is 10.2 Å². The molecule has 10 heteroatoms. The van der Waals surface area contributed by atoms with Gasteiger partial charge in [-0.3, -0.25) is 4.57 Å². The molecule has 1 aliphatic carbocycles. The van der Waals surface area contributed by atoms with Gasteiger partial charge in [0, 0.05) is 47.4 Å². The van der Waals surface area contributed by atoms with Gasteiger partial charge in [-0.25, -0.2) is 9.78 Å². The van der Waals surface area contributed by atoms with Crippen molar-refractivity contribution in [3.63, 3.8) is 0 Å². The number of nitrogens with zero attached hydrogens (tertiary/aromatic N) is 6. The van der Waals surface area contributed by atoms with Crippen LogP contribution in [-0.2, 0) is 7.05 Å². The number of benzene rings is 1. The first kappa shape index (κ1) is 24.0. The predicted octanol–water partition coefficient (Wildman–Crippen LogP) is 3.57. The summed E-state index contributed by atoms with van der Waals surface area (Å²) in [4.78, 5) is 22.8. The van der Waals surface area contributed by atoms with Crippen molar-refractivity contribution in [2.24, 2.45) is 7.05 Å². The van der Waals surface area contributed by atoms with Gasteiger partial charge in [0.1, 0.15) is 11.4 Å². The molecule has 1 unspecified atom stereocenters. The molecule has 37 heavy (non-hydrogen) atoms. The molecule has 3 aliphatic rings. The lowest BCUT2D eigenvalue weighted by atomic mass is 9.69. The summed E-state index contributed by atoms with van der Waals surface area (Å²) in [7, 11) is 1.31. The minimum Gasteiger partial charge on any atom is -0.507 e. The van der Waals surface area contributed by atoms with Crippen LogP contribution in [0.2, 0.25) is 0 Å². The Balaban J connectivity index is 1.27. The Morgan fingerprint density at radius 2 is 1.81 bits per heavy atom. The molecule has 2 aliphatic heterocycles. The van der Waals surface area contributed by atoms with E-state index in [-0.39, 0.29) is 22.5 Å². The van der Waals surface area contributed by atoms with Gasteiger partial charge >= 0.3 is 5.69 Å². The Labute approximate surface area is 214 Å². The van der Waals surface area contributed by atoms with Crippen LogP contribution in [-0.4, -0.2) is 53.0 Å². The lowest BCUT2D eigenvalue weighted by Gasteiger charge is -2.55. The molecule has 9 nitrogen and oxygen atoms in total. The maximum atomic E-state index is 14.0. The standard InChI is InChI=1S/C27H32FN7O2/c1-26-9-4-10-27(2,33-26)14-18(13-26)35(17-6-7-17)24-29-15-21(31-32-24)19-8-5-16(11-22(19)36)20-12-23(28)34(3)25(37)30-20/h5,8,11-12,15,17-18,33,36H,4,6-7,9-10,13-14H2,1-3H3/t18?,26-,27+. The van der Waals surface area contributed by atoms with Crippen LogP contribution in [0.5, 0.6) is 5.75 Å². The minimum atomic E-state index is -0.704. The Morgan fingerprint density at radius 1 is 1.08 bits per heavy atom. The third-order valence-corrected chi connectivity index (χ3v) is 8.20. The summed E-state index contributed by atoms with van der Waals surface area (Å²) in [5.41, 5.74) is 1.02. The fourth-order valence-corrected chi connectivity index (χ4v) is 6.39. The number of halogens is 1. The molecular formula is C27H32FN7O2. The second-order valence-corrected chi connectivity index (χ2v) is 11.5. The van der Waals surface area contributed by atoms with Gasteiger partial charge in [0.25, 0.3) is 0 Å². The van der Waals surface area contributed by atoms with Gasteiger partial charge < -0.3 is 15.3 Å². The highest BCUT2D eigenvalue weighted by Crippen LogP contribution is 2.44. The van der Waals surface area contributed by atoms with Gasteiger partial charge in [-0.2, -0.15) is 9.37 Å². The van der Waals surface area contributed by atoms with Gasteiger partial charge in [-0.05, 0) is 70.9 Å². The van der Waals surface area contributed by atoms with E-state index >= 15 is 0 Å². The molecule has 2 N–H and O–H groups in total. The van der Waals surface area contributed by atoms with Gasteiger partial charge in [0.2, 0.25) is 5.95 Å². The molecule has 3 fully saturated rings. The number of phenols is 1. The number of aromatic nitrogens is 5. The molecule has 2 bridgehead atoms. The van der Waals surface area contributed by atoms with Crippen molar-refractivity contribution >= 4 is 5.95 Å². The van der Waals surface area contributed by atoms with E-state index in [0.717, 1.165) is 36.3 Å². The van der Waals surface area contributed by atoms with Gasteiger partial charge in [0.05, 0.1) is 11.9 Å². The van der Waals surface area contributed by atoms with Gasteiger partial charge in [-0.1, -0.05) is 6.07 Å². The molecule has 2 saturated heterocycles. The first-order valence-electron chi connectivity index (χ1n) is 13.0. The number of hydrogen-bond donors (Lipinski definition) is 2. The van der Waals surface area contributed by atoms with E-state index in [2.05, 4.69) is 39.2 Å². The maximum Gasteiger partial charge on any atom is 0.350 e. The van der Waals surface area contributed by atoms with Crippen molar-refractivity contribution in [1.82, 2.24) is 30.0 Å². The van der Waals surface area contributed by atoms with E-state index in [1.807, 2.05) is 0 Å². The highest BCUT2D eigenvalue weighted by atomic mass is 19.1. The third kappa shape index (κ3) is 4.47. The molecule has 1 aromatic carbocycles. The van der Waals surface area contributed by atoms with E-state index < -0.39 is 11.6 Å². The summed E-state index contributed by atoms with van der Waals surface area (Å²) in [5.74, 6) is -0.139. The quantitative estimate of drug-likeness (QED) is 0.507. The average molecular weight is 506 g/mol. The summed E-state index contributed by atoms with van der Waals surface area (Å²) in [6.07, 6.45) is 9.68. The Kier molecular flexibility index (Phi) is 5.56. The van der Waals surface area contributed by atoms with Crippen molar-refractivity contribution in [1.29, 1.82) is 0 Å². The van der Waals surface area contributed by atoms with Crippen molar-refractivity contribution in [3.05, 3.63) is 46.9 Å². The Bertz CT molecular complexity index is 1390. The molecule has 0 amide bonds. The smallest absolute Gasteiger partial charge is 0.350 e. The molecule has 194 valence electrons. The van der Waals surface area contributed by atoms with Crippen LogP contribution in [0.25, 0.3) is 22.5 Å². The topological polar surface area (TPSA) is 109 Å². The Morgan fingerprint density at radius 3 is 2.41 bits per heavy atom. The summed E-state index contributed by atoms with van der Waals surface area (Å²) in [6, 6.07) is 6.73. The highest BCUT2D eigenvalue weighted by molar-refractivity contribution is 5.72. The molecule has 3 aromatic rings. The van der Waals surface area contributed by atoms with Crippen LogP contribution in [0.1, 0.15) is 58.8 Å². The summed E-state index contributed by atoms with van der Waals surface area (Å²) < 4.78 is 14.8. The SMILES string of the molecule is Cn1c(F)cc(-c2ccc(-c3cnc(N(C4CC4)C4C[C@]5(C)CCC[C@](C)(C4)N5)nn3)c(O)c2)nc1=O. The van der Waals surface area contributed by atoms with Crippen molar-refractivity contribution in [3.8, 4) is 28.3 Å². The fraction of sp³-hybridized carbons (Fsp3) is 0.519. The van der Waals surface area contributed by atoms with Crippen molar-refractivity contribution < 1.29 is 9.50 Å². The van der Waals surface area contributed by atoms with Crippen LogP contribution in [0.4, 0.5) is 10.3 Å². The minimum absolute atomic E-state index is 0.0738. The second kappa shape index (κ2) is 8.58. The average Bonchev–Trinajstić information content (AvgIpc) is 3.67. The summed E-state index contributed by atoms with van der Waals surface area (Å²) in [5, 5.41) is 23.6. The third-order valence-electron chi connectivity index (χ3n) is 8.20. The van der Waals surface area contributed by atoms with E-state index in [0.29, 0.717) is 34.9 Å². The highest BCUT2D eigenvalue weighted by Gasteiger charge is 2.49. The normalized spacial score (nSPS) is 27.2. The fourth-order valence-electron chi connectivity index (χ4n) is 6.39. The van der Waals surface area contributed by atoms with Crippen LogP contribution in [0.15, 0.2) is 35.3 Å². The second-order valence-electron chi connectivity index (χ2n) is 11.5. The lowest BCUT2D eigenvalue weighted by Crippen LogP contribution is -2.67.